The van der Waals surface area contributed by atoms with Crippen LogP contribution in [0, 0.1) is 0 Å². The van der Waals surface area contributed by atoms with E-state index in [9.17, 15) is 0 Å². The van der Waals surface area contributed by atoms with Crippen molar-refractivity contribution in [2.45, 2.75) is 13.8 Å². The predicted octanol–water partition coefficient (Wildman–Crippen LogP) is 5.90. The van der Waals surface area contributed by atoms with Crippen LogP contribution in [-0.4, -0.2) is 0 Å². The van der Waals surface area contributed by atoms with Gasteiger partial charge in [-0.25, -0.2) is 4.98 Å². The Morgan fingerprint density at radius 1 is 0.875 bits per heavy atom. The van der Waals surface area contributed by atoms with Gasteiger partial charge in [-0.15, -0.1) is 0 Å². The van der Waals surface area contributed by atoms with Gasteiger partial charge in [-0.3, -0.25) is 0 Å². The number of pyridine rings is 1. The molecule has 1 heteroatoms. The van der Waals surface area contributed by atoms with Crippen LogP contribution in [0.4, 0.5) is 0 Å². The van der Waals surface area contributed by atoms with Crippen molar-refractivity contribution in [3.8, 4) is 11.3 Å². The molecule has 0 aliphatic carbocycles. The van der Waals surface area contributed by atoms with Crippen molar-refractivity contribution in [3.05, 3.63) is 84.4 Å². The maximum absolute atomic E-state index is 3.63. The molecule has 0 saturated carbocycles. The van der Waals surface area contributed by atoms with Crippen LogP contribution < -0.4 is 4.98 Å². The van der Waals surface area contributed by atoms with E-state index in [2.05, 4.69) is 97.7 Å². The summed E-state index contributed by atoms with van der Waals surface area (Å²) in [6.45, 7) is 4.29. The van der Waals surface area contributed by atoms with Crippen molar-refractivity contribution in [3.63, 3.8) is 0 Å². The van der Waals surface area contributed by atoms with Gasteiger partial charge in [0.1, 0.15) is 0 Å². The summed E-state index contributed by atoms with van der Waals surface area (Å²) in [6.07, 6.45) is 2.19. The first kappa shape index (κ1) is 14.6. The molecule has 0 bridgehead atoms. The van der Waals surface area contributed by atoms with Gasteiger partial charge in [-0.05, 0) is 54.0 Å². The topological polar surface area (TPSA) is 14.1 Å². The fourth-order valence-corrected chi connectivity index (χ4v) is 3.30. The number of nitrogens with one attached hydrogen (secondary N) is 1. The number of rotatable bonds is 2. The first-order chi connectivity index (χ1) is 11.8. The Bertz CT molecular complexity index is 1060. The van der Waals surface area contributed by atoms with Gasteiger partial charge in [-0.1, -0.05) is 48.5 Å². The van der Waals surface area contributed by atoms with Gasteiger partial charge >= 0.3 is 0 Å². The third kappa shape index (κ3) is 2.39. The van der Waals surface area contributed by atoms with Crippen molar-refractivity contribution in [2.24, 2.45) is 0 Å². The van der Waals surface area contributed by atoms with E-state index in [0.717, 1.165) is 5.69 Å². The van der Waals surface area contributed by atoms with Crippen molar-refractivity contribution in [2.75, 3.05) is 0 Å². The van der Waals surface area contributed by atoms with Crippen LogP contribution in [0.5, 0.6) is 0 Å². The fourth-order valence-electron chi connectivity index (χ4n) is 3.30. The maximum Gasteiger partial charge on any atom is 0.212 e. The van der Waals surface area contributed by atoms with E-state index in [1.165, 1.54) is 38.4 Å². The Morgan fingerprint density at radius 2 is 1.62 bits per heavy atom. The first-order valence-electron chi connectivity index (χ1n) is 8.34. The summed E-state index contributed by atoms with van der Waals surface area (Å²) in [7, 11) is 0. The van der Waals surface area contributed by atoms with Crippen molar-refractivity contribution >= 4 is 27.2 Å². The van der Waals surface area contributed by atoms with Gasteiger partial charge in [0.2, 0.25) is 11.2 Å². The summed E-state index contributed by atoms with van der Waals surface area (Å²) in [4.78, 5) is 3.63. The molecule has 0 aliphatic rings. The van der Waals surface area contributed by atoms with Gasteiger partial charge in [0.15, 0.2) is 0 Å². The maximum atomic E-state index is 3.63. The monoisotopic (exact) mass is 310 g/mol. The van der Waals surface area contributed by atoms with Crippen LogP contribution in [-0.2, 0) is 0 Å². The highest BCUT2D eigenvalue weighted by Crippen LogP contribution is 2.32. The molecule has 0 fully saturated rings. The number of benzene rings is 3. The molecule has 4 rings (SSSR count). The Morgan fingerprint density at radius 3 is 2.42 bits per heavy atom. The van der Waals surface area contributed by atoms with E-state index < -0.39 is 0 Å². The highest BCUT2D eigenvalue weighted by molar-refractivity contribution is 6.10. The van der Waals surface area contributed by atoms with E-state index >= 15 is 0 Å². The molecule has 0 atom stereocenters. The Hall–Kier alpha value is -2.93. The molecule has 4 aromatic rings. The largest absolute Gasteiger partial charge is 0.212 e. The minimum atomic E-state index is 1.15. The molecule has 3 aromatic carbocycles. The summed E-state index contributed by atoms with van der Waals surface area (Å²) in [5.41, 5.74) is 6.11. The molecule has 1 aromatic heterocycles. The van der Waals surface area contributed by atoms with Gasteiger partial charge in [0.25, 0.3) is 0 Å². The molecule has 0 spiro atoms. The summed E-state index contributed by atoms with van der Waals surface area (Å²) in [5.74, 6) is 0. The number of allylic oxidation sites excluding steroid dienone is 2. The summed E-state index contributed by atoms with van der Waals surface area (Å²) >= 11 is 0. The van der Waals surface area contributed by atoms with Crippen LogP contribution in [0.25, 0.3) is 38.5 Å². The van der Waals surface area contributed by atoms with Crippen LogP contribution in [0.15, 0.2) is 78.9 Å². The highest BCUT2D eigenvalue weighted by atomic mass is 14.7. The number of H-pyrrole nitrogens is 1. The molecule has 24 heavy (non-hydrogen) atoms. The Balaban J connectivity index is 2.13. The number of aromatic nitrogens is 1. The van der Waals surface area contributed by atoms with Gasteiger partial charge in [0, 0.05) is 17.7 Å². The Labute approximate surface area is 142 Å². The van der Waals surface area contributed by atoms with Crippen LogP contribution >= 0.6 is 0 Å². The molecule has 1 nitrogen and oxygen atoms in total. The zero-order valence-electron chi connectivity index (χ0n) is 14.0. The third-order valence-corrected chi connectivity index (χ3v) is 4.70. The minimum absolute atomic E-state index is 1.15. The Kier molecular flexibility index (Phi) is 3.62. The number of hydrogen-bond donors (Lipinski definition) is 0. The molecule has 1 heterocycles. The van der Waals surface area contributed by atoms with Crippen LogP contribution in [0.2, 0.25) is 0 Å². The van der Waals surface area contributed by atoms with Crippen molar-refractivity contribution in [1.29, 1.82) is 0 Å². The summed E-state index contributed by atoms with van der Waals surface area (Å²) in [6, 6.07) is 25.8. The van der Waals surface area contributed by atoms with Crippen molar-refractivity contribution < 1.29 is 4.98 Å². The average Bonchev–Trinajstić information content (AvgIpc) is 2.67. The molecular weight excluding hydrogens is 290 g/mol. The van der Waals surface area contributed by atoms with E-state index in [4.69, 9.17) is 0 Å². The van der Waals surface area contributed by atoms with Crippen LogP contribution in [0.3, 0.4) is 0 Å². The van der Waals surface area contributed by atoms with E-state index in [0.29, 0.717) is 0 Å². The second-order valence-corrected chi connectivity index (χ2v) is 6.14. The highest BCUT2D eigenvalue weighted by Gasteiger charge is 2.16. The molecule has 0 unspecified atom stereocenters. The smallest absolute Gasteiger partial charge is 0.204 e. The average molecular weight is 310 g/mol. The second-order valence-electron chi connectivity index (χ2n) is 6.14. The van der Waals surface area contributed by atoms with Crippen molar-refractivity contribution in [1.82, 2.24) is 0 Å². The summed E-state index contributed by atoms with van der Waals surface area (Å²) < 4.78 is 0. The SMILES string of the molecule is C/C=C(\C)c1cc(-c2ccccc2)[nH+]c2ccc3ccccc3c12. The van der Waals surface area contributed by atoms with E-state index in [1.54, 1.807) is 0 Å². The molecule has 0 amide bonds. The van der Waals surface area contributed by atoms with E-state index in [1.807, 2.05) is 0 Å². The molecular formula is C23H20N+. The van der Waals surface area contributed by atoms with Crippen LogP contribution in [0.1, 0.15) is 19.4 Å². The lowest BCUT2D eigenvalue weighted by Gasteiger charge is -2.09. The standard InChI is InChI=1S/C23H19N/c1-3-16(2)20-15-22(18-10-5-4-6-11-18)24-21-14-13-17-9-7-8-12-19(17)23(20)21/h3-15H,1-2H3/p+1/b16-3+. The summed E-state index contributed by atoms with van der Waals surface area (Å²) in [5, 5.41) is 3.86. The second kappa shape index (κ2) is 5.93. The van der Waals surface area contributed by atoms with E-state index in [-0.39, 0.29) is 0 Å². The number of fused-ring (bicyclic) bond motifs is 3. The third-order valence-electron chi connectivity index (χ3n) is 4.70. The number of aromatic amines is 1. The molecule has 0 aliphatic heterocycles. The molecule has 0 radical (unpaired) electrons. The first-order valence-corrected chi connectivity index (χ1v) is 8.34. The zero-order valence-corrected chi connectivity index (χ0v) is 14.0. The number of hydrogen-bond acceptors (Lipinski definition) is 0. The normalized spacial score (nSPS) is 12.0. The quantitative estimate of drug-likeness (QED) is 0.409. The van der Waals surface area contributed by atoms with Gasteiger partial charge in [-0.2, -0.15) is 0 Å². The molecule has 116 valence electrons. The molecule has 1 N–H and O–H groups in total. The predicted molar refractivity (Wildman–Crippen MR) is 103 cm³/mol. The lowest BCUT2D eigenvalue weighted by atomic mass is 9.95. The lowest BCUT2D eigenvalue weighted by molar-refractivity contribution is -0.330. The lowest BCUT2D eigenvalue weighted by Crippen LogP contribution is -2.10. The molecule has 0 saturated heterocycles. The zero-order chi connectivity index (χ0) is 16.5. The minimum Gasteiger partial charge on any atom is -0.204 e. The van der Waals surface area contributed by atoms with Gasteiger partial charge < -0.3 is 0 Å². The van der Waals surface area contributed by atoms with Gasteiger partial charge in [0.05, 0.1) is 5.39 Å². The fraction of sp³-hybridized carbons (Fsp3) is 0.0870.